The van der Waals surface area contributed by atoms with Gasteiger partial charge in [0.15, 0.2) is 0 Å². The lowest BCUT2D eigenvalue weighted by molar-refractivity contribution is -0.286. The Kier molecular flexibility index (Phi) is 6.43. The molecule has 26 heavy (non-hydrogen) atoms. The summed E-state index contributed by atoms with van der Waals surface area (Å²) in [6.45, 7) is 4.69. The molecule has 0 aliphatic carbocycles. The number of aromatic nitrogens is 1. The molecular formula is C20H27NO5. The molecule has 1 fully saturated rings. The van der Waals surface area contributed by atoms with E-state index in [1.807, 2.05) is 37.3 Å². The number of pyridine rings is 1. The van der Waals surface area contributed by atoms with Gasteiger partial charge in [0.05, 0.1) is 6.10 Å². The van der Waals surface area contributed by atoms with Crippen molar-refractivity contribution in [2.45, 2.75) is 51.0 Å². The van der Waals surface area contributed by atoms with Gasteiger partial charge in [0, 0.05) is 32.4 Å². The van der Waals surface area contributed by atoms with Crippen molar-refractivity contribution in [2.24, 2.45) is 0 Å². The number of methoxy groups -OCH3 is 2. The number of hydrogen-bond acceptors (Lipinski definition) is 6. The number of ether oxygens (including phenoxy) is 5. The number of hydrogen-bond donors (Lipinski definition) is 0. The Morgan fingerprint density at radius 3 is 2.54 bits per heavy atom. The van der Waals surface area contributed by atoms with E-state index in [0.717, 1.165) is 17.3 Å². The maximum Gasteiger partial charge on any atom is 0.229 e. The first-order chi connectivity index (χ1) is 12.7. The maximum atomic E-state index is 6.18. The molecule has 142 valence electrons. The summed E-state index contributed by atoms with van der Waals surface area (Å²) in [5.74, 6) is 0.658. The second-order valence-electron chi connectivity index (χ2n) is 6.39. The molecule has 0 radical (unpaired) electrons. The van der Waals surface area contributed by atoms with Gasteiger partial charge in [-0.1, -0.05) is 25.1 Å². The molecule has 1 saturated heterocycles. The molecule has 3 rings (SSSR count). The van der Waals surface area contributed by atoms with Crippen molar-refractivity contribution in [3.05, 3.63) is 36.5 Å². The zero-order valence-corrected chi connectivity index (χ0v) is 15.8. The lowest BCUT2D eigenvalue weighted by atomic mass is 9.99. The van der Waals surface area contributed by atoms with Gasteiger partial charge < -0.3 is 23.7 Å². The first-order valence-electron chi connectivity index (χ1n) is 9.02. The van der Waals surface area contributed by atoms with E-state index in [2.05, 4.69) is 11.9 Å². The Morgan fingerprint density at radius 1 is 1.04 bits per heavy atom. The molecule has 0 unspecified atom stereocenters. The first kappa shape index (κ1) is 19.0. The third-order valence-corrected chi connectivity index (χ3v) is 4.62. The largest absolute Gasteiger partial charge is 0.460 e. The van der Waals surface area contributed by atoms with Crippen LogP contribution >= 0.6 is 0 Å². The number of fused-ring (bicyclic) bond motifs is 1. The Balaban J connectivity index is 1.84. The van der Waals surface area contributed by atoms with Gasteiger partial charge >= 0.3 is 0 Å². The van der Waals surface area contributed by atoms with Crippen LogP contribution in [0.1, 0.15) is 20.3 Å². The standard InChI is InChI=1S/C20H27NO5/c1-5-12-24-17-13(2)25-20(19(23-4)18(17)22-3)26-15-10-6-8-14-9-7-11-21-16(14)15/h6-11,13,17-20H,5,12H2,1-4H3/t13-,17-,18+,19+,20-/m0/s1. The van der Waals surface area contributed by atoms with Crippen molar-refractivity contribution in [2.75, 3.05) is 20.8 Å². The highest BCUT2D eigenvalue weighted by atomic mass is 16.7. The van der Waals surface area contributed by atoms with Crippen LogP contribution in [-0.2, 0) is 18.9 Å². The lowest BCUT2D eigenvalue weighted by Gasteiger charge is -2.44. The minimum Gasteiger partial charge on any atom is -0.460 e. The summed E-state index contributed by atoms with van der Waals surface area (Å²) in [6.07, 6.45) is 0.953. The summed E-state index contributed by atoms with van der Waals surface area (Å²) in [4.78, 5) is 4.43. The highest BCUT2D eigenvalue weighted by Crippen LogP contribution is 2.31. The lowest BCUT2D eigenvalue weighted by Crippen LogP contribution is -2.60. The normalized spacial score (nSPS) is 29.0. The molecule has 0 N–H and O–H groups in total. The van der Waals surface area contributed by atoms with Crippen LogP contribution in [0.25, 0.3) is 10.9 Å². The minimum absolute atomic E-state index is 0.189. The van der Waals surface area contributed by atoms with Gasteiger partial charge in [0.25, 0.3) is 0 Å². The number of para-hydroxylation sites is 1. The molecular weight excluding hydrogens is 334 g/mol. The monoisotopic (exact) mass is 361 g/mol. The van der Waals surface area contributed by atoms with Crippen molar-refractivity contribution >= 4 is 10.9 Å². The van der Waals surface area contributed by atoms with Crippen LogP contribution in [0.2, 0.25) is 0 Å². The van der Waals surface area contributed by atoms with Gasteiger partial charge in [-0.25, -0.2) is 0 Å². The van der Waals surface area contributed by atoms with E-state index >= 15 is 0 Å². The van der Waals surface area contributed by atoms with Gasteiger partial charge in [0.1, 0.15) is 29.6 Å². The van der Waals surface area contributed by atoms with Crippen LogP contribution in [0.15, 0.2) is 36.5 Å². The van der Waals surface area contributed by atoms with Gasteiger partial charge in [-0.05, 0) is 25.5 Å². The van der Waals surface area contributed by atoms with Crippen molar-refractivity contribution in [1.29, 1.82) is 0 Å². The molecule has 0 saturated carbocycles. The van der Waals surface area contributed by atoms with Crippen LogP contribution in [0.3, 0.4) is 0 Å². The van der Waals surface area contributed by atoms with Gasteiger partial charge in [-0.2, -0.15) is 0 Å². The Morgan fingerprint density at radius 2 is 1.81 bits per heavy atom. The van der Waals surface area contributed by atoms with E-state index in [-0.39, 0.29) is 18.3 Å². The molecule has 6 nitrogen and oxygen atoms in total. The molecule has 1 aromatic heterocycles. The van der Waals surface area contributed by atoms with E-state index in [1.165, 1.54) is 0 Å². The zero-order chi connectivity index (χ0) is 18.5. The fraction of sp³-hybridized carbons (Fsp3) is 0.550. The summed E-state index contributed by atoms with van der Waals surface area (Å²) in [7, 11) is 3.29. The summed E-state index contributed by atoms with van der Waals surface area (Å²) in [5.41, 5.74) is 0.791. The Labute approximate surface area is 154 Å². The molecule has 1 aliphatic heterocycles. The first-order valence-corrected chi connectivity index (χ1v) is 9.02. The summed E-state index contributed by atoms with van der Waals surface area (Å²) < 4.78 is 29.6. The minimum atomic E-state index is -0.617. The molecule has 5 atom stereocenters. The average molecular weight is 361 g/mol. The second kappa shape index (κ2) is 8.77. The van der Waals surface area contributed by atoms with Crippen LogP contribution in [0.5, 0.6) is 5.75 Å². The van der Waals surface area contributed by atoms with Crippen LogP contribution in [0.4, 0.5) is 0 Å². The third kappa shape index (κ3) is 3.83. The molecule has 0 bridgehead atoms. The van der Waals surface area contributed by atoms with Crippen molar-refractivity contribution in [1.82, 2.24) is 4.98 Å². The third-order valence-electron chi connectivity index (χ3n) is 4.62. The molecule has 2 heterocycles. The highest BCUT2D eigenvalue weighted by molar-refractivity contribution is 5.84. The number of benzene rings is 1. The van der Waals surface area contributed by atoms with E-state index < -0.39 is 12.4 Å². The van der Waals surface area contributed by atoms with Crippen molar-refractivity contribution in [3.63, 3.8) is 0 Å². The summed E-state index contributed by atoms with van der Waals surface area (Å²) >= 11 is 0. The topological polar surface area (TPSA) is 59.0 Å². The Bertz CT molecular complexity index is 704. The second-order valence-corrected chi connectivity index (χ2v) is 6.39. The predicted octanol–water partition coefficient (Wildman–Crippen LogP) is 3.18. The quantitative estimate of drug-likeness (QED) is 0.755. The maximum absolute atomic E-state index is 6.18. The smallest absolute Gasteiger partial charge is 0.229 e. The Hall–Kier alpha value is -1.73. The highest BCUT2D eigenvalue weighted by Gasteiger charge is 2.47. The van der Waals surface area contributed by atoms with Gasteiger partial charge in [0.2, 0.25) is 6.29 Å². The van der Waals surface area contributed by atoms with E-state index in [4.69, 9.17) is 23.7 Å². The van der Waals surface area contributed by atoms with E-state index in [9.17, 15) is 0 Å². The van der Waals surface area contributed by atoms with Crippen LogP contribution in [-0.4, -0.2) is 56.5 Å². The fourth-order valence-electron chi connectivity index (χ4n) is 3.36. The number of rotatable bonds is 7. The predicted molar refractivity (Wildman–Crippen MR) is 98.3 cm³/mol. The van der Waals surface area contributed by atoms with Crippen LogP contribution in [0, 0.1) is 0 Å². The molecule has 6 heteroatoms. The SMILES string of the molecule is CCCO[C@@H]1[C@@H](OC)[C@@H](OC)[C@H](Oc2cccc3cccnc23)O[C@H]1C. The van der Waals surface area contributed by atoms with Gasteiger partial charge in [-0.15, -0.1) is 0 Å². The van der Waals surface area contributed by atoms with E-state index in [0.29, 0.717) is 12.4 Å². The van der Waals surface area contributed by atoms with Gasteiger partial charge in [-0.3, -0.25) is 4.98 Å². The summed E-state index contributed by atoms with van der Waals surface area (Å²) in [6, 6.07) is 9.73. The molecule has 1 aromatic carbocycles. The zero-order valence-electron chi connectivity index (χ0n) is 15.8. The number of nitrogens with zero attached hydrogens (tertiary/aromatic N) is 1. The van der Waals surface area contributed by atoms with Crippen LogP contribution < -0.4 is 4.74 Å². The molecule has 1 aliphatic rings. The molecule has 2 aromatic rings. The fourth-order valence-corrected chi connectivity index (χ4v) is 3.36. The molecule has 0 amide bonds. The molecule has 0 spiro atoms. The summed E-state index contributed by atoms with van der Waals surface area (Å²) in [5, 5.41) is 1.01. The van der Waals surface area contributed by atoms with Crippen molar-refractivity contribution < 1.29 is 23.7 Å². The van der Waals surface area contributed by atoms with E-state index in [1.54, 1.807) is 20.4 Å². The van der Waals surface area contributed by atoms with Crippen molar-refractivity contribution in [3.8, 4) is 5.75 Å². The average Bonchev–Trinajstić information content (AvgIpc) is 2.67.